The maximum Gasteiger partial charge on any atom is 0.160 e. The minimum Gasteiger partial charge on any atom is -0.311 e. The van der Waals surface area contributed by atoms with Gasteiger partial charge in [0.2, 0.25) is 0 Å². The third kappa shape index (κ3) is 3.23. The fourth-order valence-corrected chi connectivity index (χ4v) is 3.66. The lowest BCUT2D eigenvalue weighted by atomic mass is 10.0. The quantitative estimate of drug-likeness (QED) is 0.727. The summed E-state index contributed by atoms with van der Waals surface area (Å²) in [4.78, 5) is 9.27. The first-order valence-electron chi connectivity index (χ1n) is 8.12. The van der Waals surface area contributed by atoms with E-state index in [4.69, 9.17) is 16.6 Å². The van der Waals surface area contributed by atoms with Crippen LogP contribution in [0.5, 0.6) is 0 Å². The van der Waals surface area contributed by atoms with Gasteiger partial charge in [0.25, 0.3) is 0 Å². The molecule has 1 saturated carbocycles. The van der Waals surface area contributed by atoms with Gasteiger partial charge in [0.15, 0.2) is 5.65 Å². The lowest BCUT2D eigenvalue weighted by Crippen LogP contribution is -2.07. The van der Waals surface area contributed by atoms with E-state index in [0.717, 1.165) is 35.0 Å². The highest BCUT2D eigenvalue weighted by molar-refractivity contribution is 6.20. The molecule has 0 saturated heterocycles. The number of hydrogen-bond donors (Lipinski definition) is 0. The Morgan fingerprint density at radius 2 is 2.14 bits per heavy atom. The molecule has 4 heteroatoms. The summed E-state index contributed by atoms with van der Waals surface area (Å²) in [6, 6.07) is 2.10. The first kappa shape index (κ1) is 14.8. The van der Waals surface area contributed by atoms with Crippen molar-refractivity contribution >= 4 is 22.8 Å². The third-order valence-corrected chi connectivity index (χ3v) is 4.77. The molecule has 3 nitrogen and oxygen atoms in total. The Bertz CT molecular complexity index is 612. The van der Waals surface area contributed by atoms with Crippen LogP contribution in [0.15, 0.2) is 12.3 Å². The van der Waals surface area contributed by atoms with E-state index in [1.807, 2.05) is 13.1 Å². The zero-order chi connectivity index (χ0) is 14.8. The van der Waals surface area contributed by atoms with Crippen LogP contribution in [0.4, 0.5) is 0 Å². The van der Waals surface area contributed by atoms with Gasteiger partial charge in [-0.25, -0.2) is 9.97 Å². The number of pyridine rings is 1. The molecule has 0 bridgehead atoms. The van der Waals surface area contributed by atoms with Gasteiger partial charge in [-0.1, -0.05) is 25.7 Å². The van der Waals surface area contributed by atoms with Gasteiger partial charge in [-0.3, -0.25) is 0 Å². The molecular weight excluding hydrogens is 282 g/mol. The molecule has 0 N–H and O–H groups in total. The summed E-state index contributed by atoms with van der Waals surface area (Å²) >= 11 is 6.31. The van der Waals surface area contributed by atoms with Crippen molar-refractivity contribution in [3.8, 4) is 0 Å². The zero-order valence-corrected chi connectivity index (χ0v) is 13.7. The number of aromatic nitrogens is 3. The number of aryl methyl sites for hydroxylation is 2. The van der Waals surface area contributed by atoms with Crippen LogP contribution in [-0.4, -0.2) is 14.5 Å². The molecule has 1 aliphatic carbocycles. The molecule has 114 valence electrons. The lowest BCUT2D eigenvalue weighted by molar-refractivity contribution is 0.457. The second kappa shape index (κ2) is 6.35. The highest BCUT2D eigenvalue weighted by Crippen LogP contribution is 2.30. The van der Waals surface area contributed by atoms with Crippen LogP contribution >= 0.6 is 11.6 Å². The predicted octanol–water partition coefficient (Wildman–Crippen LogP) is 5.01. The smallest absolute Gasteiger partial charge is 0.160 e. The van der Waals surface area contributed by atoms with Gasteiger partial charge < -0.3 is 4.57 Å². The van der Waals surface area contributed by atoms with Crippen LogP contribution in [0, 0.1) is 12.8 Å². The maximum absolute atomic E-state index is 6.31. The molecule has 0 aliphatic heterocycles. The van der Waals surface area contributed by atoms with Crippen LogP contribution in [0.25, 0.3) is 11.2 Å². The van der Waals surface area contributed by atoms with Crippen molar-refractivity contribution in [2.45, 2.75) is 64.3 Å². The molecule has 0 amide bonds. The van der Waals surface area contributed by atoms with Gasteiger partial charge >= 0.3 is 0 Å². The second-order valence-corrected chi connectivity index (χ2v) is 7.04. The van der Waals surface area contributed by atoms with Gasteiger partial charge in [-0.2, -0.15) is 0 Å². The Morgan fingerprint density at radius 1 is 1.38 bits per heavy atom. The molecule has 3 rings (SSSR count). The average Bonchev–Trinajstić information content (AvgIpc) is 3.06. The zero-order valence-electron chi connectivity index (χ0n) is 13.0. The fourth-order valence-electron chi connectivity index (χ4n) is 3.49. The molecule has 2 aromatic rings. The van der Waals surface area contributed by atoms with E-state index in [9.17, 15) is 0 Å². The minimum atomic E-state index is -0.0778. The van der Waals surface area contributed by atoms with Gasteiger partial charge in [-0.05, 0) is 44.2 Å². The van der Waals surface area contributed by atoms with Crippen molar-refractivity contribution in [2.24, 2.45) is 5.92 Å². The minimum absolute atomic E-state index is 0.0778. The topological polar surface area (TPSA) is 30.7 Å². The van der Waals surface area contributed by atoms with Gasteiger partial charge in [0, 0.05) is 12.7 Å². The highest BCUT2D eigenvalue weighted by atomic mass is 35.5. The molecule has 1 aliphatic rings. The molecular formula is C17H24ClN3. The molecule has 0 aromatic carbocycles. The van der Waals surface area contributed by atoms with Crippen LogP contribution in [-0.2, 0) is 6.54 Å². The Labute approximate surface area is 131 Å². The summed E-state index contributed by atoms with van der Waals surface area (Å²) in [6.45, 7) is 5.02. The summed E-state index contributed by atoms with van der Waals surface area (Å²) in [5.74, 6) is 1.89. The van der Waals surface area contributed by atoms with E-state index in [-0.39, 0.29) is 5.38 Å². The van der Waals surface area contributed by atoms with E-state index >= 15 is 0 Å². The number of imidazole rings is 1. The third-order valence-electron chi connectivity index (χ3n) is 4.58. The van der Waals surface area contributed by atoms with Crippen LogP contribution in [0.1, 0.15) is 62.2 Å². The van der Waals surface area contributed by atoms with E-state index in [2.05, 4.69) is 22.5 Å². The molecule has 2 aromatic heterocycles. The molecule has 1 fully saturated rings. The largest absolute Gasteiger partial charge is 0.311 e. The standard InChI is InChI=1S/C17H24ClN3/c1-12-10-15-17(19-11-12)21(16(20-15)13(2)18)9-5-8-14-6-3-4-7-14/h10-11,13-14H,3-9H2,1-2H3. The summed E-state index contributed by atoms with van der Waals surface area (Å²) < 4.78 is 2.22. The molecule has 0 radical (unpaired) electrons. The van der Waals surface area contributed by atoms with Crippen molar-refractivity contribution in [1.82, 2.24) is 14.5 Å². The summed E-state index contributed by atoms with van der Waals surface area (Å²) in [7, 11) is 0. The van der Waals surface area contributed by atoms with Gasteiger partial charge in [0.1, 0.15) is 11.3 Å². The van der Waals surface area contributed by atoms with E-state index < -0.39 is 0 Å². The Kier molecular flexibility index (Phi) is 4.48. The Morgan fingerprint density at radius 3 is 2.86 bits per heavy atom. The number of nitrogens with zero attached hydrogens (tertiary/aromatic N) is 3. The lowest BCUT2D eigenvalue weighted by Gasteiger charge is -2.12. The monoisotopic (exact) mass is 305 g/mol. The van der Waals surface area contributed by atoms with Crippen LogP contribution < -0.4 is 0 Å². The molecule has 2 heterocycles. The fraction of sp³-hybridized carbons (Fsp3) is 0.647. The number of fused-ring (bicyclic) bond motifs is 1. The van der Waals surface area contributed by atoms with Gasteiger partial charge in [-0.15, -0.1) is 11.6 Å². The number of alkyl halides is 1. The van der Waals surface area contributed by atoms with E-state index in [1.165, 1.54) is 38.5 Å². The summed E-state index contributed by atoms with van der Waals surface area (Å²) in [5, 5.41) is -0.0778. The van der Waals surface area contributed by atoms with E-state index in [1.54, 1.807) is 0 Å². The number of halogens is 1. The van der Waals surface area contributed by atoms with Crippen LogP contribution in [0.2, 0.25) is 0 Å². The summed E-state index contributed by atoms with van der Waals surface area (Å²) in [5.41, 5.74) is 3.10. The average molecular weight is 306 g/mol. The van der Waals surface area contributed by atoms with Crippen LogP contribution in [0.3, 0.4) is 0 Å². The summed E-state index contributed by atoms with van der Waals surface area (Å²) in [6.07, 6.45) is 10.1. The normalized spacial score (nSPS) is 17.7. The SMILES string of the molecule is Cc1cnc2c(c1)nc(C(C)Cl)n2CCCC1CCCC1. The highest BCUT2D eigenvalue weighted by Gasteiger charge is 2.18. The predicted molar refractivity (Wildman–Crippen MR) is 87.7 cm³/mol. The molecule has 1 unspecified atom stereocenters. The van der Waals surface area contributed by atoms with Crippen molar-refractivity contribution in [3.05, 3.63) is 23.7 Å². The Balaban J connectivity index is 1.79. The van der Waals surface area contributed by atoms with Crippen molar-refractivity contribution in [1.29, 1.82) is 0 Å². The number of rotatable bonds is 5. The van der Waals surface area contributed by atoms with Crippen molar-refractivity contribution < 1.29 is 0 Å². The first-order chi connectivity index (χ1) is 10.1. The molecule has 1 atom stereocenters. The maximum atomic E-state index is 6.31. The Hall–Kier alpha value is -1.09. The van der Waals surface area contributed by atoms with Crippen molar-refractivity contribution in [2.75, 3.05) is 0 Å². The van der Waals surface area contributed by atoms with Gasteiger partial charge in [0.05, 0.1) is 5.38 Å². The second-order valence-electron chi connectivity index (χ2n) is 6.39. The molecule has 21 heavy (non-hydrogen) atoms. The van der Waals surface area contributed by atoms with E-state index in [0.29, 0.717) is 0 Å². The first-order valence-corrected chi connectivity index (χ1v) is 8.55. The molecule has 0 spiro atoms. The van der Waals surface area contributed by atoms with Crippen molar-refractivity contribution in [3.63, 3.8) is 0 Å². The number of hydrogen-bond acceptors (Lipinski definition) is 2.